The van der Waals surface area contributed by atoms with Gasteiger partial charge in [0, 0.05) is 20.9 Å². The van der Waals surface area contributed by atoms with Crippen LogP contribution in [0.3, 0.4) is 0 Å². The maximum absolute atomic E-state index is 12.7. The molecule has 0 aromatic heterocycles. The summed E-state index contributed by atoms with van der Waals surface area (Å²) in [4.78, 5) is 24.5. The van der Waals surface area contributed by atoms with Gasteiger partial charge in [-0.15, -0.1) is 0 Å². The first kappa shape index (κ1) is 21.4. The molecule has 0 aliphatic heterocycles. The van der Waals surface area contributed by atoms with Crippen LogP contribution in [0.15, 0.2) is 51.4 Å². The highest BCUT2D eigenvalue weighted by Crippen LogP contribution is 2.29. The van der Waals surface area contributed by atoms with Gasteiger partial charge in [0.1, 0.15) is 6.04 Å². The lowest BCUT2D eigenvalue weighted by molar-refractivity contribution is -0.143. The minimum atomic E-state index is -4.44. The summed E-state index contributed by atoms with van der Waals surface area (Å²) >= 11 is 6.55. The molecule has 0 aliphatic carbocycles. The minimum Gasteiger partial charge on any atom is -0.467 e. The molecule has 0 bridgehead atoms. The van der Waals surface area contributed by atoms with E-state index in [2.05, 4.69) is 37.2 Å². The van der Waals surface area contributed by atoms with E-state index < -0.39 is 29.7 Å². The number of amides is 1. The zero-order valence-corrected chi connectivity index (χ0v) is 17.1. The lowest BCUT2D eigenvalue weighted by Gasteiger charge is -2.17. The number of benzene rings is 2. The third kappa shape index (κ3) is 6.07. The number of methoxy groups -OCH3 is 1. The average molecular weight is 509 g/mol. The highest BCUT2D eigenvalue weighted by atomic mass is 79.9. The Labute approximate surface area is 170 Å². The Morgan fingerprint density at radius 3 is 2.11 bits per heavy atom. The van der Waals surface area contributed by atoms with Crippen molar-refractivity contribution in [3.05, 3.63) is 68.1 Å². The van der Waals surface area contributed by atoms with Gasteiger partial charge in [-0.3, -0.25) is 4.79 Å². The van der Waals surface area contributed by atoms with Crippen molar-refractivity contribution in [3.8, 4) is 0 Å². The fraction of sp³-hybridized carbons (Fsp3) is 0.222. The molecule has 0 fully saturated rings. The molecular formula is C18H14Br2F3NO3. The molecule has 4 nitrogen and oxygen atoms in total. The van der Waals surface area contributed by atoms with Gasteiger partial charge in [-0.05, 0) is 35.9 Å². The van der Waals surface area contributed by atoms with E-state index in [1.54, 1.807) is 18.2 Å². The predicted molar refractivity (Wildman–Crippen MR) is 100 cm³/mol. The van der Waals surface area contributed by atoms with E-state index in [0.29, 0.717) is 20.1 Å². The third-order valence-corrected chi connectivity index (χ3v) is 4.55. The van der Waals surface area contributed by atoms with Crippen LogP contribution >= 0.6 is 31.9 Å². The minimum absolute atomic E-state index is 0.00821. The Morgan fingerprint density at radius 1 is 1.07 bits per heavy atom. The summed E-state index contributed by atoms with van der Waals surface area (Å²) in [7, 11) is 1.17. The monoisotopic (exact) mass is 507 g/mol. The van der Waals surface area contributed by atoms with Crippen molar-refractivity contribution in [2.75, 3.05) is 7.11 Å². The van der Waals surface area contributed by atoms with Gasteiger partial charge in [-0.2, -0.15) is 13.2 Å². The number of nitrogens with one attached hydrogen (secondary N) is 1. The molecule has 0 radical (unpaired) electrons. The second-order valence-corrected chi connectivity index (χ2v) is 7.44. The molecule has 0 heterocycles. The number of esters is 1. The quantitative estimate of drug-likeness (QED) is 0.593. The molecule has 9 heteroatoms. The second-order valence-electron chi connectivity index (χ2n) is 5.61. The number of carbonyl (C=O) groups is 2. The maximum Gasteiger partial charge on any atom is 0.416 e. The van der Waals surface area contributed by atoms with Crippen LogP contribution in [0.5, 0.6) is 0 Å². The van der Waals surface area contributed by atoms with E-state index in [1.807, 2.05) is 0 Å². The summed E-state index contributed by atoms with van der Waals surface area (Å²) < 4.78 is 44.0. The van der Waals surface area contributed by atoms with Gasteiger partial charge in [0.2, 0.25) is 0 Å². The van der Waals surface area contributed by atoms with E-state index in [-0.39, 0.29) is 6.42 Å². The standard InChI is InChI=1S/C18H14Br2F3NO3/c1-27-17(26)15(6-10-2-4-12(5-3-10)18(21,22)23)24-16(25)11-7-13(19)9-14(20)8-11/h2-5,7-9,15H,6H2,1H3,(H,24,25)/t15-/m1/s1. The van der Waals surface area contributed by atoms with Crippen molar-refractivity contribution in [2.24, 2.45) is 0 Å². The zero-order chi connectivity index (χ0) is 20.2. The lowest BCUT2D eigenvalue weighted by Crippen LogP contribution is -2.43. The van der Waals surface area contributed by atoms with Crippen molar-refractivity contribution in [1.82, 2.24) is 5.32 Å². The van der Waals surface area contributed by atoms with E-state index in [9.17, 15) is 22.8 Å². The Bertz CT molecular complexity index is 818. The number of carbonyl (C=O) groups excluding carboxylic acids is 2. The first-order valence-electron chi connectivity index (χ1n) is 7.61. The summed E-state index contributed by atoms with van der Waals surface area (Å²) in [5.74, 6) is -1.21. The number of hydrogen-bond acceptors (Lipinski definition) is 3. The molecule has 0 saturated heterocycles. The smallest absolute Gasteiger partial charge is 0.416 e. The van der Waals surface area contributed by atoms with Crippen molar-refractivity contribution < 1.29 is 27.5 Å². The Hall–Kier alpha value is -1.87. The molecule has 144 valence electrons. The molecule has 1 amide bonds. The second kappa shape index (κ2) is 8.88. The number of halogens is 5. The van der Waals surface area contributed by atoms with Crippen LogP contribution in [0.1, 0.15) is 21.5 Å². The SMILES string of the molecule is COC(=O)[C@@H](Cc1ccc(C(F)(F)F)cc1)NC(=O)c1cc(Br)cc(Br)c1. The van der Waals surface area contributed by atoms with E-state index in [1.165, 1.54) is 19.2 Å². The summed E-state index contributed by atoms with van der Waals surface area (Å²) in [6.45, 7) is 0. The van der Waals surface area contributed by atoms with Crippen LogP contribution < -0.4 is 5.32 Å². The van der Waals surface area contributed by atoms with Crippen LogP contribution in [-0.2, 0) is 22.1 Å². The molecular weight excluding hydrogens is 495 g/mol. The van der Waals surface area contributed by atoms with Crippen molar-refractivity contribution in [1.29, 1.82) is 0 Å². The van der Waals surface area contributed by atoms with Crippen LogP contribution in [0.2, 0.25) is 0 Å². The van der Waals surface area contributed by atoms with Gasteiger partial charge >= 0.3 is 12.1 Å². The first-order chi connectivity index (χ1) is 12.6. The number of ether oxygens (including phenoxy) is 1. The molecule has 1 N–H and O–H groups in total. The van der Waals surface area contributed by atoms with Crippen LogP contribution in [0.4, 0.5) is 13.2 Å². The average Bonchev–Trinajstić information content (AvgIpc) is 2.59. The molecule has 0 saturated carbocycles. The fourth-order valence-electron chi connectivity index (χ4n) is 2.33. The lowest BCUT2D eigenvalue weighted by atomic mass is 10.0. The van der Waals surface area contributed by atoms with Gasteiger partial charge in [-0.25, -0.2) is 4.79 Å². The molecule has 0 unspecified atom stereocenters. The first-order valence-corrected chi connectivity index (χ1v) is 9.19. The van der Waals surface area contributed by atoms with E-state index in [4.69, 9.17) is 4.74 Å². The Kier molecular flexibility index (Phi) is 7.05. The van der Waals surface area contributed by atoms with Crippen molar-refractivity contribution in [3.63, 3.8) is 0 Å². The number of rotatable bonds is 5. The van der Waals surface area contributed by atoms with Gasteiger partial charge in [0.25, 0.3) is 5.91 Å². The molecule has 27 heavy (non-hydrogen) atoms. The molecule has 2 aromatic rings. The highest BCUT2D eigenvalue weighted by Gasteiger charge is 2.30. The fourth-order valence-corrected chi connectivity index (χ4v) is 3.62. The van der Waals surface area contributed by atoms with Crippen LogP contribution in [0.25, 0.3) is 0 Å². The van der Waals surface area contributed by atoms with Gasteiger partial charge in [0.15, 0.2) is 0 Å². The Morgan fingerprint density at radius 2 is 1.63 bits per heavy atom. The summed E-state index contributed by atoms with van der Waals surface area (Å²) in [5, 5.41) is 2.55. The van der Waals surface area contributed by atoms with Gasteiger partial charge in [-0.1, -0.05) is 44.0 Å². The molecule has 1 atom stereocenters. The van der Waals surface area contributed by atoms with Crippen LogP contribution in [-0.4, -0.2) is 25.0 Å². The van der Waals surface area contributed by atoms with Crippen LogP contribution in [0, 0.1) is 0 Å². The van der Waals surface area contributed by atoms with E-state index >= 15 is 0 Å². The topological polar surface area (TPSA) is 55.4 Å². The molecule has 2 rings (SSSR count). The number of alkyl halides is 3. The maximum atomic E-state index is 12.7. The largest absolute Gasteiger partial charge is 0.467 e. The van der Waals surface area contributed by atoms with Gasteiger partial charge in [0.05, 0.1) is 12.7 Å². The molecule has 0 aliphatic rings. The van der Waals surface area contributed by atoms with Gasteiger partial charge < -0.3 is 10.1 Å². The summed E-state index contributed by atoms with van der Waals surface area (Å²) in [6, 6.07) is 8.24. The molecule has 0 spiro atoms. The normalized spacial score (nSPS) is 12.4. The van der Waals surface area contributed by atoms with Crippen molar-refractivity contribution in [2.45, 2.75) is 18.6 Å². The summed E-state index contributed by atoms with van der Waals surface area (Å²) in [5.41, 5.74) is -0.0319. The molecule has 2 aromatic carbocycles. The summed E-state index contributed by atoms with van der Waals surface area (Å²) in [6.07, 6.45) is -4.45. The zero-order valence-electron chi connectivity index (χ0n) is 13.9. The predicted octanol–water partition coefficient (Wildman–Crippen LogP) is 4.74. The number of hydrogen-bond donors (Lipinski definition) is 1. The van der Waals surface area contributed by atoms with E-state index in [0.717, 1.165) is 12.1 Å². The third-order valence-electron chi connectivity index (χ3n) is 3.64. The highest BCUT2D eigenvalue weighted by molar-refractivity contribution is 9.11. The Balaban J connectivity index is 2.18. The van der Waals surface area contributed by atoms with Crippen molar-refractivity contribution >= 4 is 43.7 Å².